The van der Waals surface area contributed by atoms with Crippen LogP contribution in [0.1, 0.15) is 25.0 Å². The minimum absolute atomic E-state index is 0.223. The number of nitrogens with zero attached hydrogens (tertiary/aromatic N) is 5. The van der Waals surface area contributed by atoms with Gasteiger partial charge in [-0.1, -0.05) is 98.0 Å². The van der Waals surface area contributed by atoms with Gasteiger partial charge in [-0.2, -0.15) is 0 Å². The van der Waals surface area contributed by atoms with E-state index < -0.39 is 0 Å². The third-order valence-electron chi connectivity index (χ3n) is 8.10. The fourth-order valence-electron chi connectivity index (χ4n) is 5.97. The van der Waals surface area contributed by atoms with Crippen LogP contribution in [0.25, 0.3) is 65.9 Å². The summed E-state index contributed by atoms with van der Waals surface area (Å²) in [5, 5.41) is 0.983. The summed E-state index contributed by atoms with van der Waals surface area (Å²) in [6.07, 6.45) is 5.42. The van der Waals surface area contributed by atoms with Crippen molar-refractivity contribution in [2.24, 2.45) is 0 Å². The smallest absolute Gasteiger partial charge is 0.161 e. The molecule has 0 radical (unpaired) electrons. The van der Waals surface area contributed by atoms with Crippen molar-refractivity contribution in [3.8, 4) is 55.6 Å². The Morgan fingerprint density at radius 2 is 1.29 bits per heavy atom. The van der Waals surface area contributed by atoms with E-state index in [9.17, 15) is 0 Å². The number of hydrogen-bond acceptors (Lipinski definition) is 6. The fourth-order valence-corrected chi connectivity index (χ4v) is 6.88. The summed E-state index contributed by atoms with van der Waals surface area (Å²) in [6.45, 7) is 4.54. The van der Waals surface area contributed by atoms with Gasteiger partial charge in [0.2, 0.25) is 0 Å². The first-order chi connectivity index (χ1) is 20.6. The molecule has 3 aromatic carbocycles. The molecule has 0 amide bonds. The number of hydrogen-bond donors (Lipinski definition) is 0. The highest BCUT2D eigenvalue weighted by atomic mass is 32.1. The van der Waals surface area contributed by atoms with Crippen molar-refractivity contribution in [3.05, 3.63) is 127 Å². The van der Waals surface area contributed by atoms with E-state index in [1.165, 1.54) is 16.7 Å². The van der Waals surface area contributed by atoms with E-state index in [0.717, 1.165) is 54.6 Å². The van der Waals surface area contributed by atoms with E-state index >= 15 is 0 Å². The third kappa shape index (κ3) is 3.95. The molecule has 6 heteroatoms. The Hall–Kier alpha value is -5.07. The lowest BCUT2D eigenvalue weighted by molar-refractivity contribution is 0.658. The summed E-state index contributed by atoms with van der Waals surface area (Å²) in [4.78, 5) is 24.7. The van der Waals surface area contributed by atoms with Crippen molar-refractivity contribution in [1.29, 1.82) is 0 Å². The van der Waals surface area contributed by atoms with E-state index in [1.807, 2.05) is 36.7 Å². The van der Waals surface area contributed by atoms with Gasteiger partial charge in [-0.05, 0) is 41.0 Å². The van der Waals surface area contributed by atoms with Crippen LogP contribution in [0.3, 0.4) is 0 Å². The van der Waals surface area contributed by atoms with E-state index in [4.69, 9.17) is 15.0 Å². The predicted octanol–water partition coefficient (Wildman–Crippen LogP) is 8.85. The minimum atomic E-state index is -0.223. The first kappa shape index (κ1) is 24.7. The Labute approximate surface area is 247 Å². The first-order valence-electron chi connectivity index (χ1n) is 13.9. The summed E-state index contributed by atoms with van der Waals surface area (Å²) in [6, 6.07) is 33.8. The van der Waals surface area contributed by atoms with Crippen LogP contribution in [0.5, 0.6) is 0 Å². The van der Waals surface area contributed by atoms with Crippen LogP contribution >= 0.6 is 11.3 Å². The molecule has 0 saturated heterocycles. The Morgan fingerprint density at radius 3 is 2.02 bits per heavy atom. The molecule has 0 fully saturated rings. The SMILES string of the molecule is CC1(C)c2ccccc2-c2nc(-c3cccnc3)nc(-c3ccc(-c4ccc(-c5nc6cccnc6s5)cc4)cc3)c21. The number of benzene rings is 3. The Morgan fingerprint density at radius 1 is 0.595 bits per heavy atom. The van der Waals surface area contributed by atoms with Gasteiger partial charge >= 0.3 is 0 Å². The summed E-state index contributed by atoms with van der Waals surface area (Å²) >= 11 is 1.62. The largest absolute Gasteiger partial charge is 0.264 e. The molecule has 4 heterocycles. The van der Waals surface area contributed by atoms with Crippen LogP contribution in [-0.4, -0.2) is 24.9 Å². The van der Waals surface area contributed by atoms with E-state index in [0.29, 0.717) is 5.82 Å². The van der Waals surface area contributed by atoms with Gasteiger partial charge in [0.25, 0.3) is 0 Å². The maximum atomic E-state index is 5.17. The van der Waals surface area contributed by atoms with E-state index in [-0.39, 0.29) is 5.41 Å². The summed E-state index contributed by atoms with van der Waals surface area (Å²) < 4.78 is 0. The number of pyridine rings is 2. The van der Waals surface area contributed by atoms with Gasteiger partial charge in [0.05, 0.1) is 11.4 Å². The maximum Gasteiger partial charge on any atom is 0.161 e. The van der Waals surface area contributed by atoms with Gasteiger partial charge in [-0.15, -0.1) is 0 Å². The fraction of sp³-hybridized carbons (Fsp3) is 0.0833. The second-order valence-electron chi connectivity index (χ2n) is 11.0. The molecule has 1 aliphatic carbocycles. The highest BCUT2D eigenvalue weighted by molar-refractivity contribution is 7.21. The van der Waals surface area contributed by atoms with Gasteiger partial charge in [-0.3, -0.25) is 4.98 Å². The molecule has 5 nitrogen and oxygen atoms in total. The second kappa shape index (κ2) is 9.50. The zero-order valence-corrected chi connectivity index (χ0v) is 23.9. The van der Waals surface area contributed by atoms with Gasteiger partial charge < -0.3 is 0 Å². The second-order valence-corrected chi connectivity index (χ2v) is 12.0. The predicted molar refractivity (Wildman–Crippen MR) is 170 cm³/mol. The lowest BCUT2D eigenvalue weighted by atomic mass is 9.80. The van der Waals surface area contributed by atoms with Crippen molar-refractivity contribution in [1.82, 2.24) is 24.9 Å². The van der Waals surface area contributed by atoms with Crippen molar-refractivity contribution in [2.75, 3.05) is 0 Å². The van der Waals surface area contributed by atoms with Crippen molar-refractivity contribution >= 4 is 21.7 Å². The molecule has 0 N–H and O–H groups in total. The number of thiazole rings is 1. The number of fused-ring (bicyclic) bond motifs is 4. The standard InChI is InChI=1S/C36H25N5S/c1-36(2)28-9-4-3-8-27(28)32-30(36)31(40-33(41-32)26-7-5-19-37-21-26)24-15-11-22(12-16-24)23-13-17-25(18-14-23)34-39-29-10-6-20-38-35(29)42-34/h3-21H,1-2H3. The molecule has 1 aliphatic rings. The van der Waals surface area contributed by atoms with Gasteiger partial charge in [-0.25, -0.2) is 19.9 Å². The monoisotopic (exact) mass is 559 g/mol. The quantitative estimate of drug-likeness (QED) is 0.216. The lowest BCUT2D eigenvalue weighted by Crippen LogP contribution is -2.17. The molecule has 0 spiro atoms. The molecule has 7 aromatic rings. The summed E-state index contributed by atoms with van der Waals surface area (Å²) in [5.74, 6) is 0.689. The van der Waals surface area contributed by atoms with Crippen LogP contribution in [0, 0.1) is 0 Å². The minimum Gasteiger partial charge on any atom is -0.264 e. The molecule has 200 valence electrons. The average Bonchev–Trinajstić information content (AvgIpc) is 3.58. The van der Waals surface area contributed by atoms with Crippen LogP contribution in [0.2, 0.25) is 0 Å². The third-order valence-corrected chi connectivity index (χ3v) is 9.13. The number of rotatable bonds is 4. The first-order valence-corrected chi connectivity index (χ1v) is 14.7. The summed E-state index contributed by atoms with van der Waals surface area (Å²) in [5.41, 5.74) is 11.7. The molecule has 8 rings (SSSR count). The Bertz CT molecular complexity index is 2060. The molecule has 0 aliphatic heterocycles. The van der Waals surface area contributed by atoms with Crippen LogP contribution in [0.4, 0.5) is 0 Å². The van der Waals surface area contributed by atoms with E-state index in [2.05, 4.69) is 96.6 Å². The van der Waals surface area contributed by atoms with Crippen LogP contribution < -0.4 is 0 Å². The number of aromatic nitrogens is 5. The molecule has 0 atom stereocenters. The topological polar surface area (TPSA) is 64.5 Å². The highest BCUT2D eigenvalue weighted by Crippen LogP contribution is 2.51. The highest BCUT2D eigenvalue weighted by Gasteiger charge is 2.39. The van der Waals surface area contributed by atoms with Gasteiger partial charge in [0, 0.05) is 51.8 Å². The van der Waals surface area contributed by atoms with Crippen molar-refractivity contribution < 1.29 is 0 Å². The molecule has 0 bridgehead atoms. The lowest BCUT2D eigenvalue weighted by Gasteiger charge is -2.23. The molecular formula is C36H25N5S. The zero-order chi connectivity index (χ0) is 28.3. The van der Waals surface area contributed by atoms with Gasteiger partial charge in [0.15, 0.2) is 5.82 Å². The molecule has 42 heavy (non-hydrogen) atoms. The molecule has 0 saturated carbocycles. The Kier molecular flexibility index (Phi) is 5.59. The van der Waals surface area contributed by atoms with Gasteiger partial charge in [0.1, 0.15) is 15.4 Å². The average molecular weight is 560 g/mol. The Balaban J connectivity index is 1.19. The maximum absolute atomic E-state index is 5.17. The van der Waals surface area contributed by atoms with Crippen LogP contribution in [-0.2, 0) is 5.41 Å². The molecule has 4 aromatic heterocycles. The molecule has 0 unspecified atom stereocenters. The van der Waals surface area contributed by atoms with Crippen molar-refractivity contribution in [3.63, 3.8) is 0 Å². The summed E-state index contributed by atoms with van der Waals surface area (Å²) in [7, 11) is 0. The van der Waals surface area contributed by atoms with Crippen LogP contribution in [0.15, 0.2) is 116 Å². The normalized spacial score (nSPS) is 13.2. The molecular weight excluding hydrogens is 534 g/mol. The van der Waals surface area contributed by atoms with Crippen molar-refractivity contribution in [2.45, 2.75) is 19.3 Å². The van der Waals surface area contributed by atoms with E-state index in [1.54, 1.807) is 17.5 Å². The zero-order valence-electron chi connectivity index (χ0n) is 23.1.